The van der Waals surface area contributed by atoms with Crippen LogP contribution in [0.2, 0.25) is 0 Å². The summed E-state index contributed by atoms with van der Waals surface area (Å²) in [6.45, 7) is 0. The minimum atomic E-state index is -4.18. The van der Waals surface area contributed by atoms with Crippen molar-refractivity contribution in [3.8, 4) is 6.07 Å². The molecule has 0 heterocycles. The lowest BCUT2D eigenvalue weighted by atomic mass is 10.0. The Morgan fingerprint density at radius 3 is 2.18 bits per heavy atom. The number of nitrogens with zero attached hydrogens (tertiary/aromatic N) is 1. The molecule has 94 valence electrons. The van der Waals surface area contributed by atoms with Gasteiger partial charge in [-0.3, -0.25) is 0 Å². The molecule has 1 aromatic carbocycles. The van der Waals surface area contributed by atoms with Crippen molar-refractivity contribution in [1.29, 1.82) is 5.26 Å². The summed E-state index contributed by atoms with van der Waals surface area (Å²) >= 11 is 0. The van der Waals surface area contributed by atoms with Gasteiger partial charge in [0.05, 0.1) is 11.6 Å². The second kappa shape index (κ2) is 6.48. The molecule has 0 saturated carbocycles. The number of halogens is 4. The predicted octanol–water partition coefficient (Wildman–Crippen LogP) is 3.32. The fourth-order valence-electron chi connectivity index (χ4n) is 1.29. The van der Waals surface area contributed by atoms with E-state index < -0.39 is 18.6 Å². The highest BCUT2D eigenvalue weighted by Crippen LogP contribution is 2.26. The minimum absolute atomic E-state index is 0. The summed E-state index contributed by atoms with van der Waals surface area (Å²) in [5.41, 5.74) is 6.69. The third-order valence-electron chi connectivity index (χ3n) is 2.21. The van der Waals surface area contributed by atoms with E-state index >= 15 is 0 Å². The Hall–Kier alpha value is -1.25. The molecular weight excluding hydrogens is 253 g/mol. The molecule has 1 aromatic rings. The molecule has 0 fully saturated rings. The van der Waals surface area contributed by atoms with Crippen LogP contribution in [0, 0.1) is 11.3 Å². The van der Waals surface area contributed by atoms with Gasteiger partial charge >= 0.3 is 6.18 Å². The zero-order valence-corrected chi connectivity index (χ0v) is 9.68. The largest absolute Gasteiger partial charge is 0.389 e. The maximum Gasteiger partial charge on any atom is 0.389 e. The SMILES string of the molecule is Cl.N#Cc1ccc([C@H](N)CCC(F)(F)F)cc1. The third kappa shape index (κ3) is 5.57. The molecule has 0 aromatic heterocycles. The van der Waals surface area contributed by atoms with Gasteiger partial charge in [-0.05, 0) is 24.1 Å². The van der Waals surface area contributed by atoms with Gasteiger partial charge in [0.25, 0.3) is 0 Å². The zero-order chi connectivity index (χ0) is 12.2. The standard InChI is InChI=1S/C11H11F3N2.ClH/c12-11(13,14)6-5-10(16)9-3-1-8(7-15)2-4-9;/h1-4,10H,5-6,16H2;1H/t10-;/m1./s1. The van der Waals surface area contributed by atoms with E-state index in [2.05, 4.69) is 0 Å². The molecule has 17 heavy (non-hydrogen) atoms. The first-order chi connectivity index (χ1) is 7.42. The molecule has 0 aliphatic heterocycles. The van der Waals surface area contributed by atoms with E-state index in [1.807, 2.05) is 6.07 Å². The normalized spacial score (nSPS) is 12.4. The van der Waals surface area contributed by atoms with Crippen LogP contribution in [0.5, 0.6) is 0 Å². The van der Waals surface area contributed by atoms with Gasteiger partial charge in [0.1, 0.15) is 0 Å². The third-order valence-corrected chi connectivity index (χ3v) is 2.21. The lowest BCUT2D eigenvalue weighted by molar-refractivity contribution is -0.136. The summed E-state index contributed by atoms with van der Waals surface area (Å²) in [5, 5.41) is 8.55. The van der Waals surface area contributed by atoms with Crippen molar-refractivity contribution >= 4 is 12.4 Å². The Kier molecular flexibility index (Phi) is 6.00. The fourth-order valence-corrected chi connectivity index (χ4v) is 1.29. The average Bonchev–Trinajstić information content (AvgIpc) is 2.25. The van der Waals surface area contributed by atoms with Gasteiger partial charge < -0.3 is 5.73 Å². The van der Waals surface area contributed by atoms with Crippen LogP contribution >= 0.6 is 12.4 Å². The lowest BCUT2D eigenvalue weighted by Gasteiger charge is -2.13. The molecule has 0 aliphatic rings. The van der Waals surface area contributed by atoms with Gasteiger partial charge in [-0.15, -0.1) is 12.4 Å². The van der Waals surface area contributed by atoms with E-state index in [1.165, 1.54) is 0 Å². The molecule has 0 amide bonds. The van der Waals surface area contributed by atoms with Crippen molar-refractivity contribution in [2.75, 3.05) is 0 Å². The van der Waals surface area contributed by atoms with Gasteiger partial charge in [-0.1, -0.05) is 12.1 Å². The summed E-state index contributed by atoms with van der Waals surface area (Å²) in [6, 6.07) is 7.54. The Morgan fingerprint density at radius 1 is 1.24 bits per heavy atom. The van der Waals surface area contributed by atoms with Gasteiger partial charge in [-0.2, -0.15) is 18.4 Å². The molecule has 0 aliphatic carbocycles. The zero-order valence-electron chi connectivity index (χ0n) is 8.87. The van der Waals surface area contributed by atoms with Crippen molar-refractivity contribution < 1.29 is 13.2 Å². The average molecular weight is 265 g/mol. The van der Waals surface area contributed by atoms with E-state index in [-0.39, 0.29) is 18.8 Å². The first-order valence-electron chi connectivity index (χ1n) is 4.75. The maximum atomic E-state index is 12.0. The van der Waals surface area contributed by atoms with Crippen LogP contribution in [0.25, 0.3) is 0 Å². The predicted molar refractivity (Wildman–Crippen MR) is 60.6 cm³/mol. The van der Waals surface area contributed by atoms with Crippen LogP contribution in [0.1, 0.15) is 30.0 Å². The van der Waals surface area contributed by atoms with E-state index in [0.29, 0.717) is 11.1 Å². The van der Waals surface area contributed by atoms with Gasteiger partial charge in [-0.25, -0.2) is 0 Å². The number of hydrogen-bond acceptors (Lipinski definition) is 2. The summed E-state index contributed by atoms with van der Waals surface area (Å²) in [7, 11) is 0. The number of benzene rings is 1. The van der Waals surface area contributed by atoms with Crippen LogP contribution < -0.4 is 5.73 Å². The van der Waals surface area contributed by atoms with Crippen molar-refractivity contribution in [3.63, 3.8) is 0 Å². The molecule has 2 N–H and O–H groups in total. The topological polar surface area (TPSA) is 49.8 Å². The van der Waals surface area contributed by atoms with Crippen LogP contribution in [-0.2, 0) is 0 Å². The smallest absolute Gasteiger partial charge is 0.324 e. The molecule has 6 heteroatoms. The highest BCUT2D eigenvalue weighted by molar-refractivity contribution is 5.85. The number of rotatable bonds is 3. The van der Waals surface area contributed by atoms with Crippen LogP contribution in [0.4, 0.5) is 13.2 Å². The Labute approximate surface area is 104 Å². The van der Waals surface area contributed by atoms with Crippen molar-refractivity contribution in [1.82, 2.24) is 0 Å². The number of nitriles is 1. The molecule has 0 radical (unpaired) electrons. The highest BCUT2D eigenvalue weighted by Gasteiger charge is 2.27. The first kappa shape index (κ1) is 15.8. The first-order valence-corrected chi connectivity index (χ1v) is 4.75. The lowest BCUT2D eigenvalue weighted by Crippen LogP contribution is -2.15. The second-order valence-electron chi connectivity index (χ2n) is 3.49. The molecule has 1 rings (SSSR count). The van der Waals surface area contributed by atoms with Crippen molar-refractivity contribution in [2.45, 2.75) is 25.1 Å². The van der Waals surface area contributed by atoms with Gasteiger partial charge in [0.2, 0.25) is 0 Å². The summed E-state index contributed by atoms with van der Waals surface area (Å²) in [6.07, 6.45) is -5.21. The van der Waals surface area contributed by atoms with E-state index in [9.17, 15) is 13.2 Å². The summed E-state index contributed by atoms with van der Waals surface area (Å²) < 4.78 is 35.9. The fraction of sp³-hybridized carbons (Fsp3) is 0.364. The van der Waals surface area contributed by atoms with Crippen LogP contribution in [-0.4, -0.2) is 6.18 Å². The molecule has 0 spiro atoms. The molecule has 0 bridgehead atoms. The Bertz CT molecular complexity index is 381. The van der Waals surface area contributed by atoms with Crippen molar-refractivity contribution in [2.24, 2.45) is 5.73 Å². The molecule has 1 atom stereocenters. The van der Waals surface area contributed by atoms with E-state index in [4.69, 9.17) is 11.0 Å². The van der Waals surface area contributed by atoms with Gasteiger partial charge in [0.15, 0.2) is 0 Å². The maximum absolute atomic E-state index is 12.0. The van der Waals surface area contributed by atoms with Crippen LogP contribution in [0.3, 0.4) is 0 Å². The monoisotopic (exact) mass is 264 g/mol. The number of alkyl halides is 3. The Balaban J connectivity index is 0.00000256. The minimum Gasteiger partial charge on any atom is -0.324 e. The highest BCUT2D eigenvalue weighted by atomic mass is 35.5. The summed E-state index contributed by atoms with van der Waals surface area (Å²) in [4.78, 5) is 0. The number of nitrogens with two attached hydrogens (primary N) is 1. The molecule has 0 unspecified atom stereocenters. The molecular formula is C11H12ClF3N2. The van der Waals surface area contributed by atoms with Crippen molar-refractivity contribution in [3.05, 3.63) is 35.4 Å². The number of hydrogen-bond donors (Lipinski definition) is 1. The van der Waals surface area contributed by atoms with E-state index in [1.54, 1.807) is 24.3 Å². The van der Waals surface area contributed by atoms with Crippen LogP contribution in [0.15, 0.2) is 24.3 Å². The second-order valence-corrected chi connectivity index (χ2v) is 3.49. The Morgan fingerprint density at radius 2 is 1.76 bits per heavy atom. The van der Waals surface area contributed by atoms with E-state index in [0.717, 1.165) is 0 Å². The van der Waals surface area contributed by atoms with Gasteiger partial charge in [0, 0.05) is 12.5 Å². The molecule has 0 saturated heterocycles. The quantitative estimate of drug-likeness (QED) is 0.910. The summed E-state index contributed by atoms with van der Waals surface area (Å²) in [5.74, 6) is 0. The molecule has 2 nitrogen and oxygen atoms in total.